The third-order valence-electron chi connectivity index (χ3n) is 3.31. The highest BCUT2D eigenvalue weighted by Crippen LogP contribution is 2.20. The summed E-state index contributed by atoms with van der Waals surface area (Å²) in [5.41, 5.74) is -1.13. The fraction of sp³-hybridized carbons (Fsp3) is 0.769. The summed E-state index contributed by atoms with van der Waals surface area (Å²) in [6.07, 6.45) is 1.01. The normalized spacial score (nSPS) is 12.7. The Balaban J connectivity index is 2.76. The van der Waals surface area contributed by atoms with Crippen LogP contribution in [0.1, 0.15) is 59.2 Å². The molecular formula is C13H23N3O3. The van der Waals surface area contributed by atoms with Gasteiger partial charge in [-0.2, -0.15) is 4.98 Å². The smallest absolute Gasteiger partial charge is 0.323 e. The van der Waals surface area contributed by atoms with Crippen molar-refractivity contribution < 1.29 is 14.4 Å². The number of nitrogens with zero attached hydrogens (tertiary/aromatic N) is 2. The van der Waals surface area contributed by atoms with Crippen molar-refractivity contribution in [1.29, 1.82) is 0 Å². The highest BCUT2D eigenvalue weighted by molar-refractivity contribution is 5.78. The van der Waals surface area contributed by atoms with Gasteiger partial charge in [0.15, 0.2) is 5.82 Å². The van der Waals surface area contributed by atoms with Crippen LogP contribution in [-0.2, 0) is 16.8 Å². The third kappa shape index (κ3) is 3.53. The zero-order valence-electron chi connectivity index (χ0n) is 12.3. The van der Waals surface area contributed by atoms with Gasteiger partial charge in [0, 0.05) is 5.41 Å². The molecule has 0 fully saturated rings. The minimum Gasteiger partial charge on any atom is -0.480 e. The Bertz CT molecular complexity index is 431. The van der Waals surface area contributed by atoms with Crippen molar-refractivity contribution >= 4 is 5.97 Å². The first-order chi connectivity index (χ1) is 8.75. The van der Waals surface area contributed by atoms with Crippen LogP contribution >= 0.6 is 0 Å². The predicted molar refractivity (Wildman–Crippen MR) is 70.8 cm³/mol. The molecule has 0 spiro atoms. The molecule has 1 heterocycles. The average Bonchev–Trinajstić information content (AvgIpc) is 2.79. The Morgan fingerprint density at radius 2 is 1.89 bits per heavy atom. The van der Waals surface area contributed by atoms with Gasteiger partial charge in [-0.3, -0.25) is 10.1 Å². The average molecular weight is 269 g/mol. The Labute approximate surface area is 113 Å². The molecule has 0 aliphatic rings. The molecule has 0 bridgehead atoms. The molecular weight excluding hydrogens is 246 g/mol. The predicted octanol–water partition coefficient (Wildman–Crippen LogP) is 2.10. The summed E-state index contributed by atoms with van der Waals surface area (Å²) in [4.78, 5) is 15.6. The van der Waals surface area contributed by atoms with Gasteiger partial charge in [0.2, 0.25) is 5.89 Å². The second kappa shape index (κ2) is 5.69. The number of aromatic nitrogens is 2. The van der Waals surface area contributed by atoms with Crippen molar-refractivity contribution in [1.82, 2.24) is 15.5 Å². The van der Waals surface area contributed by atoms with E-state index in [9.17, 15) is 9.90 Å². The van der Waals surface area contributed by atoms with Crippen molar-refractivity contribution in [2.45, 2.75) is 65.0 Å². The monoisotopic (exact) mass is 269 g/mol. The summed E-state index contributed by atoms with van der Waals surface area (Å²) in [6, 6.07) is 0. The van der Waals surface area contributed by atoms with Gasteiger partial charge in [-0.25, -0.2) is 0 Å². The lowest BCUT2D eigenvalue weighted by molar-refractivity contribution is -0.145. The Hall–Kier alpha value is -1.43. The van der Waals surface area contributed by atoms with Crippen LogP contribution in [0, 0.1) is 0 Å². The highest BCUT2D eigenvalue weighted by atomic mass is 16.5. The number of hydrogen-bond donors (Lipinski definition) is 2. The molecule has 0 atom stereocenters. The van der Waals surface area contributed by atoms with Crippen LogP contribution in [-0.4, -0.2) is 26.8 Å². The third-order valence-corrected chi connectivity index (χ3v) is 3.31. The van der Waals surface area contributed by atoms with Gasteiger partial charge < -0.3 is 9.63 Å². The van der Waals surface area contributed by atoms with Gasteiger partial charge in [0.05, 0.1) is 6.54 Å². The Kier molecular flexibility index (Phi) is 4.68. The lowest BCUT2D eigenvalue weighted by atomic mass is 9.93. The largest absolute Gasteiger partial charge is 0.480 e. The first kappa shape index (κ1) is 15.6. The van der Waals surface area contributed by atoms with E-state index in [4.69, 9.17) is 4.52 Å². The molecule has 6 nitrogen and oxygen atoms in total. The van der Waals surface area contributed by atoms with Gasteiger partial charge in [0.1, 0.15) is 5.54 Å². The highest BCUT2D eigenvalue weighted by Gasteiger charge is 2.34. The summed E-state index contributed by atoms with van der Waals surface area (Å²) in [7, 11) is 0. The number of carbonyl (C=O) groups is 1. The summed E-state index contributed by atoms with van der Waals surface area (Å²) >= 11 is 0. The number of hydrogen-bond acceptors (Lipinski definition) is 5. The van der Waals surface area contributed by atoms with Crippen LogP contribution in [0.4, 0.5) is 0 Å². The van der Waals surface area contributed by atoms with E-state index >= 15 is 0 Å². The van der Waals surface area contributed by atoms with Gasteiger partial charge in [0.25, 0.3) is 0 Å². The maximum atomic E-state index is 11.3. The summed E-state index contributed by atoms with van der Waals surface area (Å²) in [5.74, 6) is 0.188. The van der Waals surface area contributed by atoms with Crippen LogP contribution in [0.15, 0.2) is 4.52 Å². The van der Waals surface area contributed by atoms with E-state index in [1.165, 1.54) is 0 Å². The molecule has 0 saturated carbocycles. The summed E-state index contributed by atoms with van der Waals surface area (Å²) < 4.78 is 5.17. The summed E-state index contributed by atoms with van der Waals surface area (Å²) in [5, 5.41) is 16.2. The molecule has 1 aromatic heterocycles. The Morgan fingerprint density at radius 3 is 2.26 bits per heavy atom. The zero-order valence-corrected chi connectivity index (χ0v) is 12.3. The Morgan fingerprint density at radius 1 is 1.32 bits per heavy atom. The van der Waals surface area contributed by atoms with Gasteiger partial charge >= 0.3 is 5.97 Å². The van der Waals surface area contributed by atoms with Crippen molar-refractivity contribution in [3.63, 3.8) is 0 Å². The molecule has 0 unspecified atom stereocenters. The summed E-state index contributed by atoms with van der Waals surface area (Å²) in [6.45, 7) is 9.93. The van der Waals surface area contributed by atoms with Crippen molar-refractivity contribution in [2.75, 3.05) is 0 Å². The van der Waals surface area contributed by atoms with E-state index < -0.39 is 11.5 Å². The molecule has 0 radical (unpaired) electrons. The second-order valence-corrected chi connectivity index (χ2v) is 5.71. The molecule has 0 saturated heterocycles. The molecule has 1 rings (SSSR count). The first-order valence-corrected chi connectivity index (χ1v) is 6.56. The molecule has 0 amide bonds. The standard InChI is InChI=1S/C13H23N3O3/c1-6-13(7-2,11(17)18)14-8-9-15-10(19-16-9)12(3,4)5/h14H,6-8H2,1-5H3,(H,17,18). The van der Waals surface area contributed by atoms with E-state index in [0.29, 0.717) is 24.6 Å². The van der Waals surface area contributed by atoms with Gasteiger partial charge in [-0.05, 0) is 12.8 Å². The fourth-order valence-electron chi connectivity index (χ4n) is 1.76. The van der Waals surface area contributed by atoms with Crippen molar-refractivity contribution in [2.24, 2.45) is 0 Å². The van der Waals surface area contributed by atoms with Crippen molar-refractivity contribution in [3.05, 3.63) is 11.7 Å². The number of rotatable bonds is 6. The molecule has 0 aromatic carbocycles. The topological polar surface area (TPSA) is 88.3 Å². The lowest BCUT2D eigenvalue weighted by Crippen LogP contribution is -2.50. The van der Waals surface area contributed by atoms with E-state index in [0.717, 1.165) is 0 Å². The molecule has 0 aliphatic heterocycles. The molecule has 108 valence electrons. The van der Waals surface area contributed by atoms with Crippen LogP contribution in [0.25, 0.3) is 0 Å². The minimum atomic E-state index is -0.928. The molecule has 0 aliphatic carbocycles. The second-order valence-electron chi connectivity index (χ2n) is 5.71. The molecule has 1 aromatic rings. The number of carboxylic acids is 1. The maximum absolute atomic E-state index is 11.3. The van der Waals surface area contributed by atoms with E-state index in [1.54, 1.807) is 0 Å². The molecule has 2 N–H and O–H groups in total. The van der Waals surface area contributed by atoms with E-state index in [2.05, 4.69) is 15.5 Å². The van der Waals surface area contributed by atoms with Gasteiger partial charge in [-0.1, -0.05) is 39.8 Å². The number of carboxylic acid groups (broad SMARTS) is 1. The first-order valence-electron chi connectivity index (χ1n) is 6.56. The zero-order chi connectivity index (χ0) is 14.7. The lowest BCUT2D eigenvalue weighted by Gasteiger charge is -2.27. The molecule has 19 heavy (non-hydrogen) atoms. The van der Waals surface area contributed by atoms with Crippen LogP contribution < -0.4 is 5.32 Å². The quantitative estimate of drug-likeness (QED) is 0.822. The van der Waals surface area contributed by atoms with Gasteiger partial charge in [-0.15, -0.1) is 0 Å². The van der Waals surface area contributed by atoms with Crippen molar-refractivity contribution in [3.8, 4) is 0 Å². The number of aliphatic carboxylic acids is 1. The SMILES string of the molecule is CCC(CC)(NCc1noc(C(C)(C)C)n1)C(=O)O. The van der Waals surface area contributed by atoms with Crippen LogP contribution in [0.3, 0.4) is 0 Å². The van der Waals surface area contributed by atoms with Crippen LogP contribution in [0.2, 0.25) is 0 Å². The van der Waals surface area contributed by atoms with Crippen LogP contribution in [0.5, 0.6) is 0 Å². The molecule has 6 heteroatoms. The van der Waals surface area contributed by atoms with E-state index in [-0.39, 0.29) is 12.0 Å². The fourth-order valence-corrected chi connectivity index (χ4v) is 1.76. The maximum Gasteiger partial charge on any atom is 0.323 e. The number of nitrogens with one attached hydrogen (secondary N) is 1. The minimum absolute atomic E-state index is 0.204. The van der Waals surface area contributed by atoms with E-state index in [1.807, 2.05) is 34.6 Å².